The van der Waals surface area contributed by atoms with Crippen LogP contribution in [0.15, 0.2) is 47.4 Å². The Morgan fingerprint density at radius 2 is 1.63 bits per heavy atom. The van der Waals surface area contributed by atoms with Crippen LogP contribution in [-0.4, -0.2) is 49.7 Å². The number of rotatable bonds is 4. The van der Waals surface area contributed by atoms with Crippen molar-refractivity contribution in [1.29, 1.82) is 0 Å². The molecule has 0 unspecified atom stereocenters. The zero-order chi connectivity index (χ0) is 19.6. The molecule has 3 rings (SSSR count). The zero-order valence-corrected chi connectivity index (χ0v) is 15.7. The van der Waals surface area contributed by atoms with Crippen molar-refractivity contribution in [3.8, 4) is 0 Å². The van der Waals surface area contributed by atoms with Crippen LogP contribution in [0.2, 0.25) is 0 Å². The summed E-state index contributed by atoms with van der Waals surface area (Å²) in [6.07, 6.45) is 0.880. The standard InChI is InChI=1S/C19H20F2N2O3S/c1-2-14-3-5-15(6-4-14)19(24)22-9-11-23(12-10-22)27(25,26)18-8-7-16(20)13-17(18)21/h3-8,13H,2,9-12H2,1H3. The molecule has 0 radical (unpaired) electrons. The Morgan fingerprint density at radius 3 is 2.19 bits per heavy atom. The van der Waals surface area contributed by atoms with Crippen molar-refractivity contribution in [2.75, 3.05) is 26.2 Å². The molecule has 1 aliphatic heterocycles. The van der Waals surface area contributed by atoms with Gasteiger partial charge in [0.05, 0.1) is 0 Å². The Balaban J connectivity index is 1.69. The van der Waals surface area contributed by atoms with Crippen LogP contribution in [0.25, 0.3) is 0 Å². The van der Waals surface area contributed by atoms with Crippen LogP contribution in [-0.2, 0) is 16.4 Å². The topological polar surface area (TPSA) is 57.7 Å². The molecule has 2 aromatic rings. The van der Waals surface area contributed by atoms with Gasteiger partial charge in [-0.05, 0) is 36.2 Å². The summed E-state index contributed by atoms with van der Waals surface area (Å²) in [6, 6.07) is 9.70. The normalized spacial score (nSPS) is 15.7. The number of halogens is 2. The minimum atomic E-state index is -4.08. The number of benzene rings is 2. The molecule has 5 nitrogen and oxygen atoms in total. The molecule has 1 heterocycles. The van der Waals surface area contributed by atoms with E-state index in [1.807, 2.05) is 19.1 Å². The SMILES string of the molecule is CCc1ccc(C(=O)N2CCN(S(=O)(=O)c3ccc(F)cc3F)CC2)cc1. The predicted octanol–water partition coefficient (Wildman–Crippen LogP) is 2.67. The van der Waals surface area contributed by atoms with E-state index in [0.29, 0.717) is 11.6 Å². The average molecular weight is 394 g/mol. The monoisotopic (exact) mass is 394 g/mol. The summed E-state index contributed by atoms with van der Waals surface area (Å²) in [5, 5.41) is 0. The molecular formula is C19H20F2N2O3S. The highest BCUT2D eigenvalue weighted by molar-refractivity contribution is 7.89. The van der Waals surface area contributed by atoms with E-state index >= 15 is 0 Å². The second-order valence-electron chi connectivity index (χ2n) is 6.32. The van der Waals surface area contributed by atoms with Crippen molar-refractivity contribution in [3.63, 3.8) is 0 Å². The van der Waals surface area contributed by atoms with E-state index in [9.17, 15) is 22.0 Å². The fourth-order valence-corrected chi connectivity index (χ4v) is 4.49. The highest BCUT2D eigenvalue weighted by atomic mass is 32.2. The van der Waals surface area contributed by atoms with Crippen LogP contribution >= 0.6 is 0 Å². The summed E-state index contributed by atoms with van der Waals surface area (Å²) in [4.78, 5) is 13.6. The van der Waals surface area contributed by atoms with E-state index in [4.69, 9.17) is 0 Å². The number of hydrogen-bond acceptors (Lipinski definition) is 3. The van der Waals surface area contributed by atoms with Crippen LogP contribution < -0.4 is 0 Å². The summed E-state index contributed by atoms with van der Waals surface area (Å²) < 4.78 is 53.2. The van der Waals surface area contributed by atoms with E-state index in [1.54, 1.807) is 17.0 Å². The summed E-state index contributed by atoms with van der Waals surface area (Å²) >= 11 is 0. The molecular weight excluding hydrogens is 374 g/mol. The number of carbonyl (C=O) groups is 1. The smallest absolute Gasteiger partial charge is 0.253 e. The van der Waals surface area contributed by atoms with Crippen molar-refractivity contribution in [3.05, 3.63) is 65.2 Å². The molecule has 1 fully saturated rings. The van der Waals surface area contributed by atoms with Crippen LogP contribution in [0, 0.1) is 11.6 Å². The van der Waals surface area contributed by atoms with Gasteiger partial charge in [-0.3, -0.25) is 4.79 Å². The van der Waals surface area contributed by atoms with E-state index < -0.39 is 26.6 Å². The van der Waals surface area contributed by atoms with E-state index in [0.717, 1.165) is 28.4 Å². The van der Waals surface area contributed by atoms with E-state index in [2.05, 4.69) is 0 Å². The van der Waals surface area contributed by atoms with Gasteiger partial charge in [0.2, 0.25) is 10.0 Å². The molecule has 0 N–H and O–H groups in total. The Labute approximate surface area is 157 Å². The van der Waals surface area contributed by atoms with Crippen molar-refractivity contribution >= 4 is 15.9 Å². The molecule has 1 aliphatic rings. The lowest BCUT2D eigenvalue weighted by atomic mass is 10.1. The molecule has 27 heavy (non-hydrogen) atoms. The molecule has 0 atom stereocenters. The fourth-order valence-electron chi connectivity index (χ4n) is 3.02. The Hall–Kier alpha value is -2.32. The van der Waals surface area contributed by atoms with Crippen molar-refractivity contribution in [2.24, 2.45) is 0 Å². The first-order valence-electron chi connectivity index (χ1n) is 8.66. The number of nitrogens with zero attached hydrogens (tertiary/aromatic N) is 2. The number of piperazine rings is 1. The number of carbonyl (C=O) groups excluding carboxylic acids is 1. The molecule has 8 heteroatoms. The first-order valence-corrected chi connectivity index (χ1v) is 10.1. The van der Waals surface area contributed by atoms with Crippen molar-refractivity contribution in [1.82, 2.24) is 9.21 Å². The Morgan fingerprint density at radius 1 is 1.00 bits per heavy atom. The van der Waals surface area contributed by atoms with Gasteiger partial charge < -0.3 is 4.90 Å². The number of hydrogen-bond donors (Lipinski definition) is 0. The lowest BCUT2D eigenvalue weighted by Crippen LogP contribution is -2.50. The lowest BCUT2D eigenvalue weighted by Gasteiger charge is -2.34. The highest BCUT2D eigenvalue weighted by Crippen LogP contribution is 2.22. The minimum Gasteiger partial charge on any atom is -0.336 e. The quantitative estimate of drug-likeness (QED) is 0.801. The molecule has 1 saturated heterocycles. The third kappa shape index (κ3) is 4.01. The maximum Gasteiger partial charge on any atom is 0.253 e. The third-order valence-electron chi connectivity index (χ3n) is 4.65. The summed E-state index contributed by atoms with van der Waals surface area (Å²) in [7, 11) is -4.08. The van der Waals surface area contributed by atoms with Crippen molar-refractivity contribution in [2.45, 2.75) is 18.2 Å². The molecule has 144 valence electrons. The van der Waals surface area contributed by atoms with Gasteiger partial charge in [0.1, 0.15) is 16.5 Å². The van der Waals surface area contributed by atoms with E-state index in [-0.39, 0.29) is 32.1 Å². The molecule has 1 amide bonds. The van der Waals surface area contributed by atoms with Gasteiger partial charge in [-0.25, -0.2) is 17.2 Å². The molecule has 0 spiro atoms. The maximum absolute atomic E-state index is 13.9. The van der Waals surface area contributed by atoms with Crippen LogP contribution in [0.4, 0.5) is 8.78 Å². The number of amides is 1. The molecule has 2 aromatic carbocycles. The number of sulfonamides is 1. The second-order valence-corrected chi connectivity index (χ2v) is 8.23. The van der Waals surface area contributed by atoms with Crippen LogP contribution in [0.5, 0.6) is 0 Å². The van der Waals surface area contributed by atoms with Gasteiger partial charge in [-0.2, -0.15) is 4.31 Å². The number of aryl methyl sites for hydroxylation is 1. The molecule has 0 bridgehead atoms. The zero-order valence-electron chi connectivity index (χ0n) is 14.9. The van der Waals surface area contributed by atoms with Gasteiger partial charge >= 0.3 is 0 Å². The minimum absolute atomic E-state index is 0.0535. The summed E-state index contributed by atoms with van der Waals surface area (Å²) in [5.41, 5.74) is 1.68. The fraction of sp³-hybridized carbons (Fsp3) is 0.316. The first-order chi connectivity index (χ1) is 12.8. The summed E-state index contributed by atoms with van der Waals surface area (Å²) in [5.74, 6) is -2.12. The van der Waals surface area contributed by atoms with Crippen LogP contribution in [0.3, 0.4) is 0 Å². The second kappa shape index (κ2) is 7.74. The molecule has 0 saturated carbocycles. The van der Waals surface area contributed by atoms with Gasteiger partial charge in [-0.15, -0.1) is 0 Å². The van der Waals surface area contributed by atoms with Crippen molar-refractivity contribution < 1.29 is 22.0 Å². The predicted molar refractivity (Wildman–Crippen MR) is 96.8 cm³/mol. The Kier molecular flexibility index (Phi) is 5.57. The maximum atomic E-state index is 13.9. The third-order valence-corrected chi connectivity index (χ3v) is 6.58. The highest BCUT2D eigenvalue weighted by Gasteiger charge is 2.32. The molecule has 0 aliphatic carbocycles. The van der Waals surface area contributed by atoms with Crippen LogP contribution in [0.1, 0.15) is 22.8 Å². The largest absolute Gasteiger partial charge is 0.336 e. The van der Waals surface area contributed by atoms with Gasteiger partial charge in [0.15, 0.2) is 0 Å². The first kappa shape index (κ1) is 19.4. The lowest BCUT2D eigenvalue weighted by molar-refractivity contribution is 0.0697. The van der Waals surface area contributed by atoms with E-state index in [1.165, 1.54) is 0 Å². The van der Waals surface area contributed by atoms with Gasteiger partial charge in [0, 0.05) is 37.8 Å². The molecule has 0 aromatic heterocycles. The average Bonchev–Trinajstić information content (AvgIpc) is 2.67. The van der Waals surface area contributed by atoms with Gasteiger partial charge in [-0.1, -0.05) is 19.1 Å². The Bertz CT molecular complexity index is 938. The van der Waals surface area contributed by atoms with Gasteiger partial charge in [0.25, 0.3) is 5.91 Å². The summed E-state index contributed by atoms with van der Waals surface area (Å²) in [6.45, 7) is 2.54.